The van der Waals surface area contributed by atoms with E-state index in [2.05, 4.69) is 19.2 Å². The summed E-state index contributed by atoms with van der Waals surface area (Å²) in [6, 6.07) is 0.517. The molecule has 0 aromatic carbocycles. The van der Waals surface area contributed by atoms with Crippen LogP contribution in [-0.4, -0.2) is 38.4 Å². The van der Waals surface area contributed by atoms with E-state index in [1.54, 1.807) is 0 Å². The Bertz CT molecular complexity index is 184. The summed E-state index contributed by atoms with van der Waals surface area (Å²) in [5, 5.41) is 3.29. The van der Waals surface area contributed by atoms with Crippen molar-refractivity contribution in [3.05, 3.63) is 0 Å². The second-order valence-corrected chi connectivity index (χ2v) is 4.34. The molecule has 0 fully saturated rings. The van der Waals surface area contributed by atoms with Gasteiger partial charge in [0.05, 0.1) is 13.2 Å². The molecule has 0 radical (unpaired) electrons. The van der Waals surface area contributed by atoms with Crippen LogP contribution < -0.4 is 5.32 Å². The summed E-state index contributed by atoms with van der Waals surface area (Å²) in [7, 11) is 0. The summed E-state index contributed by atoms with van der Waals surface area (Å²) in [5.74, 6) is -0.0884. The first-order chi connectivity index (χ1) is 8.16. The van der Waals surface area contributed by atoms with E-state index in [4.69, 9.17) is 9.47 Å². The lowest BCUT2D eigenvalue weighted by Gasteiger charge is -2.08. The van der Waals surface area contributed by atoms with Gasteiger partial charge in [0.25, 0.3) is 0 Å². The third kappa shape index (κ3) is 13.3. The van der Waals surface area contributed by atoms with Gasteiger partial charge in [-0.15, -0.1) is 0 Å². The van der Waals surface area contributed by atoms with Gasteiger partial charge < -0.3 is 14.8 Å². The molecule has 0 aromatic rings. The second-order valence-electron chi connectivity index (χ2n) is 4.34. The van der Waals surface area contributed by atoms with Crippen LogP contribution >= 0.6 is 0 Å². The third-order valence-electron chi connectivity index (χ3n) is 2.27. The molecule has 0 aliphatic carbocycles. The summed E-state index contributed by atoms with van der Waals surface area (Å²) >= 11 is 0. The number of esters is 1. The fourth-order valence-electron chi connectivity index (χ4n) is 1.41. The summed E-state index contributed by atoms with van der Waals surface area (Å²) < 4.78 is 10.3. The first kappa shape index (κ1) is 16.4. The van der Waals surface area contributed by atoms with Gasteiger partial charge in [-0.3, -0.25) is 4.79 Å². The number of unbranched alkanes of at least 4 members (excludes halogenated alkanes) is 2. The molecule has 0 spiro atoms. The molecule has 0 saturated heterocycles. The smallest absolute Gasteiger partial charge is 0.305 e. The van der Waals surface area contributed by atoms with Crippen molar-refractivity contribution in [2.24, 2.45) is 0 Å². The van der Waals surface area contributed by atoms with Gasteiger partial charge in [-0.2, -0.15) is 0 Å². The van der Waals surface area contributed by atoms with Crippen molar-refractivity contribution in [3.63, 3.8) is 0 Å². The van der Waals surface area contributed by atoms with Crippen LogP contribution in [0.15, 0.2) is 0 Å². The molecular formula is C13H27NO3. The van der Waals surface area contributed by atoms with Gasteiger partial charge in [0.15, 0.2) is 0 Å². The Morgan fingerprint density at radius 3 is 2.59 bits per heavy atom. The number of carbonyl (C=O) groups is 1. The van der Waals surface area contributed by atoms with Crippen LogP contribution in [0.1, 0.15) is 46.5 Å². The van der Waals surface area contributed by atoms with E-state index in [1.165, 1.54) is 0 Å². The standard InChI is InChI=1S/C13H27NO3/c1-4-17-13(15)8-6-5-7-10-16-11-9-14-12(2)3/h12,14H,4-11H2,1-3H3. The molecule has 0 saturated carbocycles. The van der Waals surface area contributed by atoms with Crippen LogP contribution in [0.3, 0.4) is 0 Å². The number of nitrogens with one attached hydrogen (secondary N) is 1. The van der Waals surface area contributed by atoms with E-state index in [0.29, 0.717) is 19.1 Å². The van der Waals surface area contributed by atoms with Gasteiger partial charge in [-0.25, -0.2) is 0 Å². The van der Waals surface area contributed by atoms with Crippen molar-refractivity contribution >= 4 is 5.97 Å². The van der Waals surface area contributed by atoms with Gasteiger partial charge in [0.2, 0.25) is 0 Å². The van der Waals surface area contributed by atoms with E-state index in [1.807, 2.05) is 6.92 Å². The summed E-state index contributed by atoms with van der Waals surface area (Å²) in [5.41, 5.74) is 0. The monoisotopic (exact) mass is 245 g/mol. The van der Waals surface area contributed by atoms with Gasteiger partial charge in [0.1, 0.15) is 0 Å². The lowest BCUT2D eigenvalue weighted by atomic mass is 10.2. The predicted octanol–water partition coefficient (Wildman–Crippen LogP) is 2.12. The van der Waals surface area contributed by atoms with E-state index in [9.17, 15) is 4.79 Å². The van der Waals surface area contributed by atoms with E-state index >= 15 is 0 Å². The topological polar surface area (TPSA) is 47.6 Å². The first-order valence-corrected chi connectivity index (χ1v) is 6.63. The van der Waals surface area contributed by atoms with Crippen LogP contribution in [0.4, 0.5) is 0 Å². The SMILES string of the molecule is CCOC(=O)CCCCCOCCNC(C)C. The Morgan fingerprint density at radius 2 is 1.94 bits per heavy atom. The minimum atomic E-state index is -0.0884. The Morgan fingerprint density at radius 1 is 1.18 bits per heavy atom. The first-order valence-electron chi connectivity index (χ1n) is 6.63. The quantitative estimate of drug-likeness (QED) is 0.447. The molecule has 0 aliphatic rings. The molecule has 0 amide bonds. The molecule has 17 heavy (non-hydrogen) atoms. The van der Waals surface area contributed by atoms with Crippen molar-refractivity contribution in [2.75, 3.05) is 26.4 Å². The Labute approximate surface area is 105 Å². The van der Waals surface area contributed by atoms with Crippen LogP contribution in [-0.2, 0) is 14.3 Å². The maximum absolute atomic E-state index is 11.0. The lowest BCUT2D eigenvalue weighted by Crippen LogP contribution is -2.26. The number of carbonyl (C=O) groups excluding carboxylic acids is 1. The van der Waals surface area contributed by atoms with Crippen LogP contribution in [0.25, 0.3) is 0 Å². The second kappa shape index (κ2) is 11.9. The highest BCUT2D eigenvalue weighted by Crippen LogP contribution is 2.01. The van der Waals surface area contributed by atoms with Gasteiger partial charge in [-0.05, 0) is 19.8 Å². The van der Waals surface area contributed by atoms with Crippen molar-refractivity contribution in [3.8, 4) is 0 Å². The highest BCUT2D eigenvalue weighted by molar-refractivity contribution is 5.69. The van der Waals surface area contributed by atoms with Crippen molar-refractivity contribution in [1.82, 2.24) is 5.32 Å². The normalized spacial score (nSPS) is 10.8. The maximum Gasteiger partial charge on any atom is 0.305 e. The zero-order valence-electron chi connectivity index (χ0n) is 11.5. The highest BCUT2D eigenvalue weighted by atomic mass is 16.5. The average molecular weight is 245 g/mol. The fraction of sp³-hybridized carbons (Fsp3) is 0.923. The molecular weight excluding hydrogens is 218 g/mol. The predicted molar refractivity (Wildman–Crippen MR) is 69.1 cm³/mol. The van der Waals surface area contributed by atoms with Crippen LogP contribution in [0, 0.1) is 0 Å². The van der Waals surface area contributed by atoms with Crippen molar-refractivity contribution in [2.45, 2.75) is 52.5 Å². The molecule has 0 aromatic heterocycles. The number of rotatable bonds is 11. The molecule has 0 atom stereocenters. The number of ether oxygens (including phenoxy) is 2. The summed E-state index contributed by atoms with van der Waals surface area (Å²) in [4.78, 5) is 11.0. The molecule has 0 unspecified atom stereocenters. The maximum atomic E-state index is 11.0. The minimum Gasteiger partial charge on any atom is -0.466 e. The molecule has 4 heteroatoms. The zero-order chi connectivity index (χ0) is 12.9. The van der Waals surface area contributed by atoms with Crippen molar-refractivity contribution in [1.29, 1.82) is 0 Å². The summed E-state index contributed by atoms with van der Waals surface area (Å²) in [6.07, 6.45) is 3.46. The van der Waals surface area contributed by atoms with E-state index in [0.717, 1.165) is 39.0 Å². The van der Waals surface area contributed by atoms with E-state index in [-0.39, 0.29) is 5.97 Å². The van der Waals surface area contributed by atoms with Gasteiger partial charge in [0, 0.05) is 25.6 Å². The van der Waals surface area contributed by atoms with Gasteiger partial charge in [-0.1, -0.05) is 20.3 Å². The molecule has 102 valence electrons. The highest BCUT2D eigenvalue weighted by Gasteiger charge is 2.00. The third-order valence-corrected chi connectivity index (χ3v) is 2.27. The molecule has 0 heterocycles. The summed E-state index contributed by atoms with van der Waals surface area (Å²) in [6.45, 7) is 8.99. The molecule has 1 N–H and O–H groups in total. The zero-order valence-corrected chi connectivity index (χ0v) is 11.5. The lowest BCUT2D eigenvalue weighted by molar-refractivity contribution is -0.143. The Hall–Kier alpha value is -0.610. The van der Waals surface area contributed by atoms with E-state index < -0.39 is 0 Å². The number of hydrogen-bond acceptors (Lipinski definition) is 4. The fourth-order valence-corrected chi connectivity index (χ4v) is 1.41. The molecule has 0 rings (SSSR count). The largest absolute Gasteiger partial charge is 0.466 e. The Kier molecular flexibility index (Phi) is 11.4. The molecule has 4 nitrogen and oxygen atoms in total. The van der Waals surface area contributed by atoms with Crippen molar-refractivity contribution < 1.29 is 14.3 Å². The molecule has 0 bridgehead atoms. The number of hydrogen-bond donors (Lipinski definition) is 1. The molecule has 0 aliphatic heterocycles. The average Bonchev–Trinajstić information content (AvgIpc) is 2.27. The van der Waals surface area contributed by atoms with Crippen LogP contribution in [0.2, 0.25) is 0 Å². The Balaban J connectivity index is 3.06. The minimum absolute atomic E-state index is 0.0884. The van der Waals surface area contributed by atoms with Crippen LogP contribution in [0.5, 0.6) is 0 Å². The van der Waals surface area contributed by atoms with Gasteiger partial charge >= 0.3 is 5.97 Å².